The molecule has 0 saturated carbocycles. The lowest BCUT2D eigenvalue weighted by molar-refractivity contribution is 0.844. The van der Waals surface area contributed by atoms with Crippen molar-refractivity contribution >= 4 is 17.4 Å². The Balaban J connectivity index is 2.19. The summed E-state index contributed by atoms with van der Waals surface area (Å²) >= 11 is 6.12. The first-order chi connectivity index (χ1) is 9.61. The van der Waals surface area contributed by atoms with Gasteiger partial charge < -0.3 is 5.32 Å². The first-order valence-electron chi connectivity index (χ1n) is 6.35. The standard InChI is InChI=1S/C15H15ClN4/c1-10(2)13-14(16)19-9-20-15(13)18-8-12-5-3-4-11(6-12)7-17/h3-6,9-10H,8H2,1-2H3,(H,18,19,20). The van der Waals surface area contributed by atoms with Crippen LogP contribution in [0.3, 0.4) is 0 Å². The van der Waals surface area contributed by atoms with Gasteiger partial charge in [-0.2, -0.15) is 5.26 Å². The van der Waals surface area contributed by atoms with Crippen molar-refractivity contribution in [1.82, 2.24) is 9.97 Å². The van der Waals surface area contributed by atoms with Gasteiger partial charge in [-0.1, -0.05) is 37.6 Å². The fourth-order valence-corrected chi connectivity index (χ4v) is 2.31. The molecule has 1 aromatic heterocycles. The van der Waals surface area contributed by atoms with Gasteiger partial charge in [0.25, 0.3) is 0 Å². The number of rotatable bonds is 4. The molecule has 0 radical (unpaired) electrons. The van der Waals surface area contributed by atoms with Crippen LogP contribution in [0.1, 0.15) is 36.5 Å². The van der Waals surface area contributed by atoms with Gasteiger partial charge in [0.2, 0.25) is 0 Å². The maximum absolute atomic E-state index is 8.89. The van der Waals surface area contributed by atoms with E-state index in [-0.39, 0.29) is 5.92 Å². The normalized spacial score (nSPS) is 10.3. The van der Waals surface area contributed by atoms with Crippen molar-refractivity contribution in [2.24, 2.45) is 0 Å². The van der Waals surface area contributed by atoms with Gasteiger partial charge in [0.05, 0.1) is 11.6 Å². The highest BCUT2D eigenvalue weighted by Gasteiger charge is 2.13. The average molecular weight is 287 g/mol. The van der Waals surface area contributed by atoms with Gasteiger partial charge >= 0.3 is 0 Å². The molecule has 0 aliphatic rings. The Kier molecular flexibility index (Phi) is 4.54. The zero-order valence-corrected chi connectivity index (χ0v) is 12.1. The summed E-state index contributed by atoms with van der Waals surface area (Å²) in [4.78, 5) is 8.26. The van der Waals surface area contributed by atoms with E-state index in [9.17, 15) is 0 Å². The average Bonchev–Trinajstić information content (AvgIpc) is 2.45. The molecule has 102 valence electrons. The lowest BCUT2D eigenvalue weighted by atomic mass is 10.1. The molecule has 1 heterocycles. The first kappa shape index (κ1) is 14.3. The van der Waals surface area contributed by atoms with Gasteiger partial charge in [-0.3, -0.25) is 0 Å². The monoisotopic (exact) mass is 286 g/mol. The van der Waals surface area contributed by atoms with Crippen LogP contribution in [0, 0.1) is 11.3 Å². The molecule has 0 saturated heterocycles. The smallest absolute Gasteiger partial charge is 0.138 e. The maximum Gasteiger partial charge on any atom is 0.138 e. The second kappa shape index (κ2) is 6.36. The number of nitrogens with one attached hydrogen (secondary N) is 1. The van der Waals surface area contributed by atoms with Crippen LogP contribution >= 0.6 is 11.6 Å². The molecular weight excluding hydrogens is 272 g/mol. The minimum absolute atomic E-state index is 0.233. The van der Waals surface area contributed by atoms with Crippen molar-refractivity contribution < 1.29 is 0 Å². The van der Waals surface area contributed by atoms with Crippen LogP contribution in [0.25, 0.3) is 0 Å². The molecule has 20 heavy (non-hydrogen) atoms. The highest BCUT2D eigenvalue weighted by molar-refractivity contribution is 6.30. The van der Waals surface area contributed by atoms with E-state index < -0.39 is 0 Å². The molecule has 1 aromatic carbocycles. The molecule has 1 N–H and O–H groups in total. The summed E-state index contributed by atoms with van der Waals surface area (Å²) in [5, 5.41) is 12.6. The predicted molar refractivity (Wildman–Crippen MR) is 79.6 cm³/mol. The van der Waals surface area contributed by atoms with E-state index in [4.69, 9.17) is 16.9 Å². The van der Waals surface area contributed by atoms with Crippen molar-refractivity contribution in [1.29, 1.82) is 5.26 Å². The van der Waals surface area contributed by atoms with Gasteiger partial charge in [0.15, 0.2) is 0 Å². The number of nitrogens with zero attached hydrogens (tertiary/aromatic N) is 3. The van der Waals surface area contributed by atoms with Crippen molar-refractivity contribution in [2.75, 3.05) is 5.32 Å². The van der Waals surface area contributed by atoms with E-state index in [1.807, 2.05) is 32.0 Å². The molecule has 0 fully saturated rings. The molecule has 2 rings (SSSR count). The third-order valence-corrected chi connectivity index (χ3v) is 3.23. The number of halogens is 1. The summed E-state index contributed by atoms with van der Waals surface area (Å²) in [6, 6.07) is 9.60. The quantitative estimate of drug-likeness (QED) is 0.870. The maximum atomic E-state index is 8.89. The number of benzene rings is 1. The zero-order valence-electron chi connectivity index (χ0n) is 11.4. The lowest BCUT2D eigenvalue weighted by Crippen LogP contribution is -2.07. The fourth-order valence-electron chi connectivity index (χ4n) is 1.96. The summed E-state index contributed by atoms with van der Waals surface area (Å²) in [6.07, 6.45) is 1.45. The summed E-state index contributed by atoms with van der Waals surface area (Å²) in [6.45, 7) is 4.68. The molecule has 0 aliphatic carbocycles. The van der Waals surface area contributed by atoms with Crippen LogP contribution < -0.4 is 5.32 Å². The van der Waals surface area contributed by atoms with E-state index in [1.165, 1.54) is 6.33 Å². The molecule has 2 aromatic rings. The van der Waals surface area contributed by atoms with Crippen molar-refractivity contribution in [3.63, 3.8) is 0 Å². The largest absolute Gasteiger partial charge is 0.366 e. The third-order valence-electron chi connectivity index (χ3n) is 2.93. The molecule has 0 atom stereocenters. The number of nitriles is 1. The Morgan fingerprint density at radius 1 is 1.35 bits per heavy atom. The minimum Gasteiger partial charge on any atom is -0.366 e. The Morgan fingerprint density at radius 3 is 2.85 bits per heavy atom. The number of aromatic nitrogens is 2. The SMILES string of the molecule is CC(C)c1c(Cl)ncnc1NCc1cccc(C#N)c1. The summed E-state index contributed by atoms with van der Waals surface area (Å²) in [5.74, 6) is 0.971. The van der Waals surface area contributed by atoms with Crippen molar-refractivity contribution in [3.05, 3.63) is 52.4 Å². The number of anilines is 1. The summed E-state index contributed by atoms with van der Waals surface area (Å²) in [5.41, 5.74) is 2.58. The van der Waals surface area contributed by atoms with E-state index in [0.717, 1.165) is 16.9 Å². The van der Waals surface area contributed by atoms with Crippen LogP contribution in [0.2, 0.25) is 5.15 Å². The zero-order chi connectivity index (χ0) is 14.5. The number of hydrogen-bond donors (Lipinski definition) is 1. The molecule has 5 heteroatoms. The van der Waals surface area contributed by atoms with E-state index >= 15 is 0 Å². The molecule has 0 amide bonds. The molecule has 4 nitrogen and oxygen atoms in total. The van der Waals surface area contributed by atoms with Crippen LogP contribution in [0.5, 0.6) is 0 Å². The fraction of sp³-hybridized carbons (Fsp3) is 0.267. The van der Waals surface area contributed by atoms with Crippen LogP contribution in [0.15, 0.2) is 30.6 Å². The Labute approximate surface area is 123 Å². The minimum atomic E-state index is 0.233. The van der Waals surface area contributed by atoms with Gasteiger partial charge in [-0.25, -0.2) is 9.97 Å². The molecule has 0 unspecified atom stereocenters. The summed E-state index contributed by atoms with van der Waals surface area (Å²) in [7, 11) is 0. The highest BCUT2D eigenvalue weighted by atomic mass is 35.5. The van der Waals surface area contributed by atoms with Gasteiger partial charge in [0, 0.05) is 12.1 Å². The molecule has 0 bridgehead atoms. The highest BCUT2D eigenvalue weighted by Crippen LogP contribution is 2.28. The molecule has 0 aliphatic heterocycles. The lowest BCUT2D eigenvalue weighted by Gasteiger charge is -2.14. The topological polar surface area (TPSA) is 61.6 Å². The van der Waals surface area contributed by atoms with Crippen molar-refractivity contribution in [3.8, 4) is 6.07 Å². The summed E-state index contributed by atoms with van der Waals surface area (Å²) < 4.78 is 0. The molecule has 0 spiro atoms. The van der Waals surface area contributed by atoms with Crippen LogP contribution in [-0.4, -0.2) is 9.97 Å². The number of hydrogen-bond acceptors (Lipinski definition) is 4. The van der Waals surface area contributed by atoms with Crippen molar-refractivity contribution in [2.45, 2.75) is 26.3 Å². The first-order valence-corrected chi connectivity index (χ1v) is 6.73. The second-order valence-electron chi connectivity index (χ2n) is 4.75. The van der Waals surface area contributed by atoms with Gasteiger partial charge in [-0.05, 0) is 23.6 Å². The Bertz CT molecular complexity index is 647. The Morgan fingerprint density at radius 2 is 2.15 bits per heavy atom. The van der Waals surface area contributed by atoms with Gasteiger partial charge in [0.1, 0.15) is 17.3 Å². The second-order valence-corrected chi connectivity index (χ2v) is 5.11. The van der Waals surface area contributed by atoms with E-state index in [1.54, 1.807) is 6.07 Å². The van der Waals surface area contributed by atoms with Crippen LogP contribution in [-0.2, 0) is 6.54 Å². The Hall–Kier alpha value is -2.12. The van der Waals surface area contributed by atoms with Crippen LogP contribution in [0.4, 0.5) is 5.82 Å². The van der Waals surface area contributed by atoms with E-state index in [2.05, 4.69) is 21.4 Å². The van der Waals surface area contributed by atoms with Gasteiger partial charge in [-0.15, -0.1) is 0 Å². The molecular formula is C15H15ClN4. The predicted octanol–water partition coefficient (Wildman–Crippen LogP) is 3.74. The third kappa shape index (κ3) is 3.25. The van der Waals surface area contributed by atoms with E-state index in [0.29, 0.717) is 17.3 Å².